The Balaban J connectivity index is 1.38. The number of nitrogens with one attached hydrogen (secondary N) is 1. The van der Waals surface area contributed by atoms with E-state index in [0.29, 0.717) is 24.0 Å². The van der Waals surface area contributed by atoms with Gasteiger partial charge in [0, 0.05) is 6.54 Å². The van der Waals surface area contributed by atoms with Crippen LogP contribution in [0.2, 0.25) is 0 Å². The molecule has 0 radical (unpaired) electrons. The maximum atomic E-state index is 12.0. The summed E-state index contributed by atoms with van der Waals surface area (Å²) >= 11 is 0. The molecule has 1 amide bonds. The van der Waals surface area contributed by atoms with Gasteiger partial charge in [0.1, 0.15) is 6.61 Å². The zero-order chi connectivity index (χ0) is 16.8. The third-order valence-corrected chi connectivity index (χ3v) is 4.43. The van der Waals surface area contributed by atoms with Crippen LogP contribution in [0, 0.1) is 5.92 Å². The predicted octanol–water partition coefficient (Wildman–Crippen LogP) is 2.07. The number of esters is 1. The first kappa shape index (κ1) is 16.6. The Morgan fingerprint density at radius 1 is 1.12 bits per heavy atom. The topological polar surface area (TPSA) is 73.9 Å². The number of carbonyl (C=O) groups excluding carboxylic acids is 2. The Hall–Kier alpha value is -2.24. The standard InChI is InChI=1S/C18H23NO5/c20-17(19-10-13-6-2-1-3-7-13)12-23-18(21)16-11-22-14-8-4-5-9-15(14)24-16/h4-5,8-9,13,16H,1-3,6-7,10-12H2,(H,19,20)/t16-/m0/s1. The van der Waals surface area contributed by atoms with Crippen LogP contribution in [0.5, 0.6) is 11.5 Å². The zero-order valence-corrected chi connectivity index (χ0v) is 13.7. The number of rotatable bonds is 5. The van der Waals surface area contributed by atoms with Crippen molar-refractivity contribution >= 4 is 11.9 Å². The van der Waals surface area contributed by atoms with Crippen molar-refractivity contribution in [1.29, 1.82) is 0 Å². The SMILES string of the molecule is O=C(COC(=O)[C@@H]1COc2ccccc2O1)NCC1CCCCC1. The lowest BCUT2D eigenvalue weighted by Crippen LogP contribution is -2.40. The molecule has 1 aliphatic carbocycles. The molecule has 0 unspecified atom stereocenters. The second-order valence-electron chi connectivity index (χ2n) is 6.28. The van der Waals surface area contributed by atoms with E-state index in [1.165, 1.54) is 19.3 Å². The lowest BCUT2D eigenvalue weighted by Gasteiger charge is -2.25. The Labute approximate surface area is 141 Å². The Kier molecular flexibility index (Phi) is 5.56. The van der Waals surface area contributed by atoms with Crippen LogP contribution in [0.4, 0.5) is 0 Å². The number of fused-ring (bicyclic) bond motifs is 1. The molecule has 1 heterocycles. The van der Waals surface area contributed by atoms with Crippen LogP contribution in [0.3, 0.4) is 0 Å². The van der Waals surface area contributed by atoms with E-state index in [1.807, 2.05) is 6.07 Å². The molecule has 1 N–H and O–H groups in total. The summed E-state index contributed by atoms with van der Waals surface area (Å²) in [5.41, 5.74) is 0. The molecule has 0 bridgehead atoms. The number of amides is 1. The summed E-state index contributed by atoms with van der Waals surface area (Å²) in [6, 6.07) is 7.13. The highest BCUT2D eigenvalue weighted by atomic mass is 16.6. The van der Waals surface area contributed by atoms with Crippen molar-refractivity contribution in [3.05, 3.63) is 24.3 Å². The van der Waals surface area contributed by atoms with Crippen molar-refractivity contribution in [3.63, 3.8) is 0 Å². The molecule has 6 nitrogen and oxygen atoms in total. The van der Waals surface area contributed by atoms with Crippen molar-refractivity contribution in [2.45, 2.75) is 38.2 Å². The minimum atomic E-state index is -0.842. The maximum absolute atomic E-state index is 12.0. The van der Waals surface area contributed by atoms with E-state index in [2.05, 4.69) is 5.32 Å². The van der Waals surface area contributed by atoms with Crippen molar-refractivity contribution < 1.29 is 23.8 Å². The quantitative estimate of drug-likeness (QED) is 0.835. The largest absolute Gasteiger partial charge is 0.485 e. The fourth-order valence-corrected chi connectivity index (χ4v) is 3.07. The first-order valence-electron chi connectivity index (χ1n) is 8.54. The minimum absolute atomic E-state index is 0.0829. The monoisotopic (exact) mass is 333 g/mol. The molecule has 0 saturated heterocycles. The summed E-state index contributed by atoms with van der Waals surface area (Å²) in [7, 11) is 0. The number of benzene rings is 1. The minimum Gasteiger partial charge on any atom is -0.485 e. The predicted molar refractivity (Wildman–Crippen MR) is 86.9 cm³/mol. The molecular weight excluding hydrogens is 310 g/mol. The van der Waals surface area contributed by atoms with E-state index in [1.54, 1.807) is 18.2 Å². The molecule has 24 heavy (non-hydrogen) atoms. The Morgan fingerprint density at radius 3 is 2.67 bits per heavy atom. The van der Waals surface area contributed by atoms with E-state index >= 15 is 0 Å². The van der Waals surface area contributed by atoms with E-state index in [9.17, 15) is 9.59 Å². The average molecular weight is 333 g/mol. The van der Waals surface area contributed by atoms with Crippen LogP contribution < -0.4 is 14.8 Å². The van der Waals surface area contributed by atoms with Crippen molar-refractivity contribution in [2.24, 2.45) is 5.92 Å². The lowest BCUT2D eigenvalue weighted by molar-refractivity contribution is -0.157. The number of ether oxygens (including phenoxy) is 3. The lowest BCUT2D eigenvalue weighted by atomic mass is 9.89. The molecule has 1 aromatic rings. The molecule has 6 heteroatoms. The van der Waals surface area contributed by atoms with Gasteiger partial charge in [0.25, 0.3) is 5.91 Å². The fourth-order valence-electron chi connectivity index (χ4n) is 3.07. The molecule has 1 aliphatic heterocycles. The molecule has 130 valence electrons. The van der Waals surface area contributed by atoms with Gasteiger partial charge >= 0.3 is 5.97 Å². The second kappa shape index (κ2) is 8.04. The van der Waals surface area contributed by atoms with E-state index in [4.69, 9.17) is 14.2 Å². The van der Waals surface area contributed by atoms with Gasteiger partial charge in [-0.15, -0.1) is 0 Å². The van der Waals surface area contributed by atoms with Crippen LogP contribution >= 0.6 is 0 Å². The van der Waals surface area contributed by atoms with Crippen molar-refractivity contribution in [1.82, 2.24) is 5.32 Å². The molecule has 1 saturated carbocycles. The van der Waals surface area contributed by atoms with Crippen LogP contribution in [0.1, 0.15) is 32.1 Å². The van der Waals surface area contributed by atoms with E-state index in [-0.39, 0.29) is 19.1 Å². The fraction of sp³-hybridized carbons (Fsp3) is 0.556. The molecule has 3 rings (SSSR count). The first-order chi connectivity index (χ1) is 11.7. The highest BCUT2D eigenvalue weighted by Crippen LogP contribution is 2.31. The van der Waals surface area contributed by atoms with Gasteiger partial charge in [-0.25, -0.2) is 4.79 Å². The van der Waals surface area contributed by atoms with Crippen LogP contribution in [0.25, 0.3) is 0 Å². The molecular formula is C18H23NO5. The normalized spacial score (nSPS) is 20.2. The maximum Gasteiger partial charge on any atom is 0.351 e. The molecule has 0 spiro atoms. The van der Waals surface area contributed by atoms with Gasteiger partial charge in [-0.1, -0.05) is 31.4 Å². The van der Waals surface area contributed by atoms with Crippen LogP contribution in [-0.2, 0) is 14.3 Å². The number of para-hydroxylation sites is 2. The third-order valence-electron chi connectivity index (χ3n) is 4.43. The van der Waals surface area contributed by atoms with E-state index < -0.39 is 12.1 Å². The average Bonchev–Trinajstić information content (AvgIpc) is 2.65. The van der Waals surface area contributed by atoms with Gasteiger partial charge in [0.2, 0.25) is 6.10 Å². The Bertz CT molecular complexity index is 583. The molecule has 1 fully saturated rings. The Morgan fingerprint density at radius 2 is 1.88 bits per heavy atom. The molecule has 1 atom stereocenters. The van der Waals surface area contributed by atoms with Crippen molar-refractivity contribution in [2.75, 3.05) is 19.8 Å². The number of hydrogen-bond acceptors (Lipinski definition) is 5. The second-order valence-corrected chi connectivity index (χ2v) is 6.28. The number of hydrogen-bond donors (Lipinski definition) is 1. The van der Waals surface area contributed by atoms with Gasteiger partial charge < -0.3 is 19.5 Å². The van der Waals surface area contributed by atoms with Gasteiger partial charge in [-0.3, -0.25) is 4.79 Å². The van der Waals surface area contributed by atoms with Gasteiger partial charge in [-0.2, -0.15) is 0 Å². The first-order valence-corrected chi connectivity index (χ1v) is 8.54. The van der Waals surface area contributed by atoms with Gasteiger partial charge in [-0.05, 0) is 30.9 Å². The smallest absolute Gasteiger partial charge is 0.351 e. The van der Waals surface area contributed by atoms with Gasteiger partial charge in [0.05, 0.1) is 0 Å². The molecule has 0 aromatic heterocycles. The zero-order valence-electron chi connectivity index (χ0n) is 13.7. The summed E-state index contributed by atoms with van der Waals surface area (Å²) in [5.74, 6) is 0.799. The van der Waals surface area contributed by atoms with Crippen molar-refractivity contribution in [3.8, 4) is 11.5 Å². The highest BCUT2D eigenvalue weighted by Gasteiger charge is 2.29. The molecule has 1 aromatic carbocycles. The highest BCUT2D eigenvalue weighted by molar-refractivity contribution is 5.82. The summed E-state index contributed by atoms with van der Waals surface area (Å²) in [6.07, 6.45) is 5.23. The summed E-state index contributed by atoms with van der Waals surface area (Å²) < 4.78 is 16.1. The van der Waals surface area contributed by atoms with E-state index in [0.717, 1.165) is 12.8 Å². The summed E-state index contributed by atoms with van der Waals surface area (Å²) in [4.78, 5) is 23.8. The number of carbonyl (C=O) groups is 2. The van der Waals surface area contributed by atoms with Crippen LogP contribution in [-0.4, -0.2) is 37.7 Å². The third kappa shape index (κ3) is 4.40. The van der Waals surface area contributed by atoms with Gasteiger partial charge in [0.15, 0.2) is 18.1 Å². The summed E-state index contributed by atoms with van der Waals surface area (Å²) in [6.45, 7) is 0.458. The van der Waals surface area contributed by atoms with Crippen LogP contribution in [0.15, 0.2) is 24.3 Å². The summed E-state index contributed by atoms with van der Waals surface area (Å²) in [5, 5.41) is 2.84. The molecule has 2 aliphatic rings.